The van der Waals surface area contributed by atoms with E-state index in [2.05, 4.69) is 33.6 Å². The number of nitrogens with two attached hydrogens (primary N) is 2. The van der Waals surface area contributed by atoms with Gasteiger partial charge >= 0.3 is 5.97 Å². The van der Waals surface area contributed by atoms with Gasteiger partial charge in [0, 0.05) is 29.3 Å². The van der Waals surface area contributed by atoms with Crippen LogP contribution in [0.25, 0.3) is 10.9 Å². The van der Waals surface area contributed by atoms with Crippen LogP contribution in [0.1, 0.15) is 38.7 Å². The molecule has 1 aromatic carbocycles. The van der Waals surface area contributed by atoms with Crippen molar-refractivity contribution < 1.29 is 29.1 Å². The van der Waals surface area contributed by atoms with Gasteiger partial charge in [-0.1, -0.05) is 32.0 Å². The fraction of sp³-hybridized carbons (Fsp3) is 0.480. The maximum absolute atomic E-state index is 13.1. The summed E-state index contributed by atoms with van der Waals surface area (Å²) in [6.07, 6.45) is 1.87. The number of aliphatic carboxylic acids is 1. The van der Waals surface area contributed by atoms with Crippen LogP contribution in [0.3, 0.4) is 0 Å². The van der Waals surface area contributed by atoms with Crippen LogP contribution >= 0.6 is 12.6 Å². The van der Waals surface area contributed by atoms with Crippen molar-refractivity contribution in [3.8, 4) is 0 Å². The molecule has 4 amide bonds. The fourth-order valence-corrected chi connectivity index (χ4v) is 4.15. The average Bonchev–Trinajstić information content (AvgIpc) is 3.26. The monoisotopic (exact) mass is 548 g/mol. The number of fused-ring (bicyclic) bond motifs is 1. The van der Waals surface area contributed by atoms with Crippen molar-refractivity contribution >= 4 is 53.1 Å². The Bertz CT molecular complexity index is 1150. The summed E-state index contributed by atoms with van der Waals surface area (Å²) in [5.41, 5.74) is 13.0. The van der Waals surface area contributed by atoms with Crippen LogP contribution in [0.2, 0.25) is 0 Å². The Balaban J connectivity index is 2.05. The molecule has 4 atom stereocenters. The number of amides is 4. The molecule has 4 unspecified atom stereocenters. The smallest absolute Gasteiger partial charge is 0.326 e. The van der Waals surface area contributed by atoms with Crippen LogP contribution in [0.15, 0.2) is 30.5 Å². The molecule has 2 rings (SSSR count). The number of H-pyrrole nitrogens is 1. The fourth-order valence-electron chi connectivity index (χ4n) is 3.89. The minimum absolute atomic E-state index is 0.0179. The van der Waals surface area contributed by atoms with E-state index >= 15 is 0 Å². The normalized spacial score (nSPS) is 14.3. The highest BCUT2D eigenvalue weighted by atomic mass is 32.1. The molecule has 0 saturated carbocycles. The van der Waals surface area contributed by atoms with E-state index in [4.69, 9.17) is 11.5 Å². The van der Waals surface area contributed by atoms with E-state index in [1.807, 2.05) is 38.1 Å². The minimum Gasteiger partial charge on any atom is -0.480 e. The zero-order valence-electron chi connectivity index (χ0n) is 21.4. The second-order valence-corrected chi connectivity index (χ2v) is 9.87. The summed E-state index contributed by atoms with van der Waals surface area (Å²) in [6, 6.07) is 3.14. The number of hydrogen-bond donors (Lipinski definition) is 8. The first-order chi connectivity index (χ1) is 17.9. The second-order valence-electron chi connectivity index (χ2n) is 9.51. The molecule has 2 aromatic rings. The standard InChI is InChI=1S/C25H36N6O6S/c1-13(2)9-19(30-22(33)16(26)10-14-11-28-17-6-4-3-5-15(14)17)23(34)31-20(12-38)24(35)29-18(25(36)37)7-8-21(27)32/h3-6,11,13,16,18-20,28,38H,7-10,12,26H2,1-2H3,(H2,27,32)(H,29,35)(H,30,33)(H,31,34)(H,36,37). The minimum atomic E-state index is -1.37. The molecule has 12 nitrogen and oxygen atoms in total. The Labute approximate surface area is 226 Å². The van der Waals surface area contributed by atoms with Crippen LogP contribution in [0.4, 0.5) is 0 Å². The summed E-state index contributed by atoms with van der Waals surface area (Å²) in [5.74, 6) is -4.13. The highest BCUT2D eigenvalue weighted by Crippen LogP contribution is 2.19. The summed E-state index contributed by atoms with van der Waals surface area (Å²) in [5, 5.41) is 17.8. The van der Waals surface area contributed by atoms with E-state index in [1.54, 1.807) is 6.20 Å². The first kappa shape index (κ1) is 30.6. The van der Waals surface area contributed by atoms with Crippen LogP contribution < -0.4 is 27.4 Å². The van der Waals surface area contributed by atoms with E-state index in [0.717, 1.165) is 16.5 Å². The van der Waals surface area contributed by atoms with Crippen molar-refractivity contribution in [3.05, 3.63) is 36.0 Å². The number of carbonyl (C=O) groups is 5. The van der Waals surface area contributed by atoms with Gasteiger partial charge in [-0.3, -0.25) is 19.2 Å². The molecule has 0 aliphatic carbocycles. The third-order valence-corrected chi connectivity index (χ3v) is 6.27. The maximum atomic E-state index is 13.1. The van der Waals surface area contributed by atoms with Crippen molar-refractivity contribution in [1.82, 2.24) is 20.9 Å². The highest BCUT2D eigenvalue weighted by Gasteiger charge is 2.30. The zero-order valence-corrected chi connectivity index (χ0v) is 22.3. The first-order valence-electron chi connectivity index (χ1n) is 12.3. The van der Waals surface area contributed by atoms with Crippen LogP contribution in [0.5, 0.6) is 0 Å². The Hall–Kier alpha value is -3.58. The molecular formula is C25H36N6O6S. The number of aromatic nitrogens is 1. The van der Waals surface area contributed by atoms with Crippen LogP contribution in [0, 0.1) is 5.92 Å². The van der Waals surface area contributed by atoms with E-state index < -0.39 is 53.8 Å². The largest absolute Gasteiger partial charge is 0.480 e. The quantitative estimate of drug-likeness (QED) is 0.141. The summed E-state index contributed by atoms with van der Waals surface area (Å²) in [7, 11) is 0. The lowest BCUT2D eigenvalue weighted by atomic mass is 10.0. The molecule has 0 radical (unpaired) electrons. The number of benzene rings is 1. The Morgan fingerprint density at radius 1 is 0.974 bits per heavy atom. The van der Waals surface area contributed by atoms with Crippen LogP contribution in [-0.4, -0.2) is 69.6 Å². The van der Waals surface area contributed by atoms with Crippen molar-refractivity contribution in [2.45, 2.75) is 63.7 Å². The van der Waals surface area contributed by atoms with E-state index in [1.165, 1.54) is 0 Å². The highest BCUT2D eigenvalue weighted by molar-refractivity contribution is 7.80. The predicted molar refractivity (Wildman–Crippen MR) is 145 cm³/mol. The number of carboxylic acids is 1. The van der Waals surface area contributed by atoms with Gasteiger partial charge < -0.3 is 37.5 Å². The number of thiol groups is 1. The topological polar surface area (TPSA) is 209 Å². The molecule has 0 aliphatic rings. The number of rotatable bonds is 15. The Kier molecular flexibility index (Phi) is 11.6. The molecule has 0 aliphatic heterocycles. The number of hydrogen-bond acceptors (Lipinski definition) is 7. The SMILES string of the molecule is CC(C)CC(NC(=O)C(N)Cc1c[nH]c2ccccc12)C(=O)NC(CS)C(=O)NC(CCC(N)=O)C(=O)O. The maximum Gasteiger partial charge on any atom is 0.326 e. The number of carboxylic acid groups (broad SMARTS) is 1. The van der Waals surface area contributed by atoms with Gasteiger partial charge in [0.2, 0.25) is 23.6 Å². The molecular weight excluding hydrogens is 512 g/mol. The molecule has 0 saturated heterocycles. The van der Waals surface area contributed by atoms with Gasteiger partial charge in [0.05, 0.1) is 6.04 Å². The number of aromatic amines is 1. The molecule has 1 aromatic heterocycles. The van der Waals surface area contributed by atoms with Crippen molar-refractivity contribution in [3.63, 3.8) is 0 Å². The molecule has 38 heavy (non-hydrogen) atoms. The lowest BCUT2D eigenvalue weighted by molar-refractivity contribution is -0.142. The summed E-state index contributed by atoms with van der Waals surface area (Å²) >= 11 is 4.10. The van der Waals surface area contributed by atoms with Crippen LogP contribution in [-0.2, 0) is 30.4 Å². The van der Waals surface area contributed by atoms with E-state index in [0.29, 0.717) is 0 Å². The molecule has 0 spiro atoms. The van der Waals surface area contributed by atoms with Gasteiger partial charge in [-0.25, -0.2) is 4.79 Å². The molecule has 208 valence electrons. The third kappa shape index (κ3) is 9.06. The molecule has 0 fully saturated rings. The number of nitrogens with one attached hydrogen (secondary N) is 4. The van der Waals surface area contributed by atoms with Gasteiger partial charge in [0.25, 0.3) is 0 Å². The third-order valence-electron chi connectivity index (χ3n) is 5.90. The zero-order chi connectivity index (χ0) is 28.4. The summed E-state index contributed by atoms with van der Waals surface area (Å²) in [4.78, 5) is 64.2. The number of para-hydroxylation sites is 1. The van der Waals surface area contributed by atoms with E-state index in [-0.39, 0.29) is 37.4 Å². The van der Waals surface area contributed by atoms with Crippen molar-refractivity contribution in [2.24, 2.45) is 17.4 Å². The van der Waals surface area contributed by atoms with Crippen molar-refractivity contribution in [1.29, 1.82) is 0 Å². The van der Waals surface area contributed by atoms with Crippen molar-refractivity contribution in [2.75, 3.05) is 5.75 Å². The molecule has 13 heteroatoms. The lowest BCUT2D eigenvalue weighted by Gasteiger charge is -2.25. The summed E-state index contributed by atoms with van der Waals surface area (Å²) < 4.78 is 0. The summed E-state index contributed by atoms with van der Waals surface area (Å²) in [6.45, 7) is 3.74. The Morgan fingerprint density at radius 3 is 2.18 bits per heavy atom. The van der Waals surface area contributed by atoms with Gasteiger partial charge in [0.1, 0.15) is 18.1 Å². The van der Waals surface area contributed by atoms with Gasteiger partial charge in [0.15, 0.2) is 0 Å². The number of carbonyl (C=O) groups excluding carboxylic acids is 4. The average molecular weight is 549 g/mol. The van der Waals surface area contributed by atoms with Gasteiger partial charge in [-0.2, -0.15) is 12.6 Å². The van der Waals surface area contributed by atoms with E-state index in [9.17, 15) is 29.1 Å². The van der Waals surface area contributed by atoms with Gasteiger partial charge in [-0.15, -0.1) is 0 Å². The first-order valence-corrected chi connectivity index (χ1v) is 12.9. The molecule has 0 bridgehead atoms. The number of primary amides is 1. The molecule has 1 heterocycles. The second kappa shape index (κ2) is 14.4. The predicted octanol–water partition coefficient (Wildman–Crippen LogP) is -0.182. The van der Waals surface area contributed by atoms with Gasteiger partial charge in [-0.05, 0) is 36.8 Å². The Morgan fingerprint density at radius 2 is 1.58 bits per heavy atom. The lowest BCUT2D eigenvalue weighted by Crippen LogP contribution is -2.58. The molecule has 9 N–H and O–H groups in total.